The molecule has 0 atom stereocenters. The fourth-order valence-corrected chi connectivity index (χ4v) is 2.47. The van der Waals surface area contributed by atoms with Crippen LogP contribution in [0.1, 0.15) is 32.6 Å². The topological polar surface area (TPSA) is 52.0 Å². The second kappa shape index (κ2) is 5.41. The van der Waals surface area contributed by atoms with Crippen LogP contribution in [0.15, 0.2) is 27.1 Å². The third kappa shape index (κ3) is 3.12. The second-order valence-electron chi connectivity index (χ2n) is 5.40. The van der Waals surface area contributed by atoms with Gasteiger partial charge in [0.15, 0.2) is 11.5 Å². The molecule has 0 radical (unpaired) electrons. The Morgan fingerprint density at radius 3 is 2.78 bits per heavy atom. The first-order valence-electron chi connectivity index (χ1n) is 6.26. The molecule has 98 valence electrons. The molecular formula is C14H19BrN2O. The monoisotopic (exact) mass is 310 g/mol. The van der Waals surface area contributed by atoms with Gasteiger partial charge in [0.05, 0.1) is 4.47 Å². The second-order valence-corrected chi connectivity index (χ2v) is 6.25. The first kappa shape index (κ1) is 13.6. The van der Waals surface area contributed by atoms with Gasteiger partial charge in [0, 0.05) is 6.42 Å². The highest BCUT2D eigenvalue weighted by Gasteiger charge is 2.18. The number of fused-ring (bicyclic) bond motifs is 1. The standard InChI is InChI=1S/C14H19BrN2O/c1-14(2,8-9-16)7-6-12-17-11-5-3-4-10(15)13(11)18-12/h3-5H,6-9,16H2,1-2H3. The van der Waals surface area contributed by atoms with Crippen molar-refractivity contribution < 1.29 is 4.42 Å². The van der Waals surface area contributed by atoms with E-state index in [1.165, 1.54) is 0 Å². The third-order valence-corrected chi connectivity index (χ3v) is 3.87. The minimum Gasteiger partial charge on any atom is -0.440 e. The van der Waals surface area contributed by atoms with E-state index in [9.17, 15) is 0 Å². The lowest BCUT2D eigenvalue weighted by Gasteiger charge is -2.22. The molecular weight excluding hydrogens is 292 g/mol. The Kier molecular flexibility index (Phi) is 4.07. The van der Waals surface area contributed by atoms with Gasteiger partial charge in [0.1, 0.15) is 5.52 Å². The molecule has 0 unspecified atom stereocenters. The summed E-state index contributed by atoms with van der Waals surface area (Å²) in [4.78, 5) is 4.51. The van der Waals surface area contributed by atoms with Gasteiger partial charge in [-0.25, -0.2) is 4.98 Å². The molecule has 0 saturated carbocycles. The highest BCUT2D eigenvalue weighted by Crippen LogP contribution is 2.29. The van der Waals surface area contributed by atoms with E-state index < -0.39 is 0 Å². The zero-order valence-electron chi connectivity index (χ0n) is 10.9. The first-order valence-corrected chi connectivity index (χ1v) is 7.05. The summed E-state index contributed by atoms with van der Waals surface area (Å²) in [5.41, 5.74) is 7.61. The summed E-state index contributed by atoms with van der Waals surface area (Å²) in [6, 6.07) is 5.91. The summed E-state index contributed by atoms with van der Waals surface area (Å²) in [5.74, 6) is 0.807. The van der Waals surface area contributed by atoms with Gasteiger partial charge < -0.3 is 10.2 Å². The number of aryl methyl sites for hydroxylation is 1. The van der Waals surface area contributed by atoms with E-state index in [4.69, 9.17) is 10.2 Å². The number of hydrogen-bond donors (Lipinski definition) is 1. The minimum absolute atomic E-state index is 0.243. The number of nitrogens with two attached hydrogens (primary N) is 1. The molecule has 4 heteroatoms. The van der Waals surface area contributed by atoms with E-state index in [1.807, 2.05) is 18.2 Å². The number of para-hydroxylation sites is 1. The fourth-order valence-electron chi connectivity index (χ4n) is 2.03. The van der Waals surface area contributed by atoms with E-state index in [1.54, 1.807) is 0 Å². The van der Waals surface area contributed by atoms with Crippen LogP contribution in [-0.4, -0.2) is 11.5 Å². The van der Waals surface area contributed by atoms with Gasteiger partial charge in [0.25, 0.3) is 0 Å². The summed E-state index contributed by atoms with van der Waals surface area (Å²) < 4.78 is 6.74. The number of oxazole rings is 1. The number of rotatable bonds is 5. The molecule has 0 aliphatic carbocycles. The average molecular weight is 311 g/mol. The molecule has 0 amide bonds. The number of aromatic nitrogens is 1. The van der Waals surface area contributed by atoms with Crippen LogP contribution in [0.3, 0.4) is 0 Å². The molecule has 2 rings (SSSR count). The summed E-state index contributed by atoms with van der Waals surface area (Å²) in [5, 5.41) is 0. The molecule has 0 fully saturated rings. The molecule has 0 bridgehead atoms. The first-order chi connectivity index (χ1) is 8.52. The molecule has 1 aromatic heterocycles. The molecule has 0 saturated heterocycles. The largest absolute Gasteiger partial charge is 0.440 e. The number of nitrogens with zero attached hydrogens (tertiary/aromatic N) is 1. The maximum absolute atomic E-state index is 5.78. The fraction of sp³-hybridized carbons (Fsp3) is 0.500. The van der Waals surface area contributed by atoms with E-state index >= 15 is 0 Å². The molecule has 0 aliphatic heterocycles. The smallest absolute Gasteiger partial charge is 0.195 e. The van der Waals surface area contributed by atoms with Crippen molar-refractivity contribution in [3.8, 4) is 0 Å². The molecule has 3 nitrogen and oxygen atoms in total. The van der Waals surface area contributed by atoms with Crippen LogP contribution in [0.25, 0.3) is 11.1 Å². The normalized spacial score (nSPS) is 12.2. The molecule has 2 aromatic rings. The molecule has 1 aromatic carbocycles. The highest BCUT2D eigenvalue weighted by atomic mass is 79.9. The van der Waals surface area contributed by atoms with Crippen molar-refractivity contribution in [1.29, 1.82) is 0 Å². The summed E-state index contributed by atoms with van der Waals surface area (Å²) >= 11 is 3.48. The van der Waals surface area contributed by atoms with E-state index in [2.05, 4.69) is 34.8 Å². The SMILES string of the molecule is CC(C)(CCN)CCc1nc2cccc(Br)c2o1. The van der Waals surface area contributed by atoms with Crippen LogP contribution in [0.4, 0.5) is 0 Å². The lowest BCUT2D eigenvalue weighted by atomic mass is 9.84. The lowest BCUT2D eigenvalue weighted by Crippen LogP contribution is -2.17. The Labute approximate surface area is 116 Å². The van der Waals surface area contributed by atoms with Crippen molar-refractivity contribution in [3.63, 3.8) is 0 Å². The number of hydrogen-bond acceptors (Lipinski definition) is 3. The lowest BCUT2D eigenvalue weighted by molar-refractivity contribution is 0.302. The van der Waals surface area contributed by atoms with Crippen molar-refractivity contribution in [2.75, 3.05) is 6.54 Å². The van der Waals surface area contributed by atoms with Gasteiger partial charge in [-0.1, -0.05) is 19.9 Å². The van der Waals surface area contributed by atoms with Gasteiger partial charge >= 0.3 is 0 Å². The number of halogens is 1. The quantitative estimate of drug-likeness (QED) is 0.911. The Bertz CT molecular complexity index is 534. The van der Waals surface area contributed by atoms with Crippen molar-refractivity contribution >= 4 is 27.0 Å². The maximum Gasteiger partial charge on any atom is 0.195 e. The van der Waals surface area contributed by atoms with Gasteiger partial charge in [-0.15, -0.1) is 0 Å². The predicted octanol–water partition coefficient (Wildman–Crippen LogP) is 3.90. The van der Waals surface area contributed by atoms with Gasteiger partial charge in [0.2, 0.25) is 0 Å². The average Bonchev–Trinajstić information content (AvgIpc) is 2.71. The van der Waals surface area contributed by atoms with Gasteiger partial charge in [-0.3, -0.25) is 0 Å². The Balaban J connectivity index is 2.11. The number of benzene rings is 1. The van der Waals surface area contributed by atoms with Crippen LogP contribution in [0, 0.1) is 5.41 Å². The Hall–Kier alpha value is -0.870. The Morgan fingerprint density at radius 2 is 2.11 bits per heavy atom. The maximum atomic E-state index is 5.78. The van der Waals surface area contributed by atoms with Crippen LogP contribution in [0.2, 0.25) is 0 Å². The zero-order valence-corrected chi connectivity index (χ0v) is 12.5. The minimum atomic E-state index is 0.243. The summed E-state index contributed by atoms with van der Waals surface area (Å²) in [7, 11) is 0. The van der Waals surface area contributed by atoms with E-state index in [0.29, 0.717) is 0 Å². The summed E-state index contributed by atoms with van der Waals surface area (Å²) in [6.45, 7) is 5.20. The Morgan fingerprint density at radius 1 is 1.33 bits per heavy atom. The van der Waals surface area contributed by atoms with Gasteiger partial charge in [-0.05, 0) is 52.9 Å². The highest BCUT2D eigenvalue weighted by molar-refractivity contribution is 9.10. The zero-order chi connectivity index (χ0) is 13.2. The van der Waals surface area contributed by atoms with Crippen LogP contribution >= 0.6 is 15.9 Å². The molecule has 0 aliphatic rings. The van der Waals surface area contributed by atoms with Crippen LogP contribution < -0.4 is 5.73 Å². The van der Waals surface area contributed by atoms with Crippen molar-refractivity contribution in [2.45, 2.75) is 33.1 Å². The molecule has 1 heterocycles. The molecule has 18 heavy (non-hydrogen) atoms. The molecule has 2 N–H and O–H groups in total. The molecule has 0 spiro atoms. The van der Waals surface area contributed by atoms with Crippen LogP contribution in [-0.2, 0) is 6.42 Å². The van der Waals surface area contributed by atoms with E-state index in [-0.39, 0.29) is 5.41 Å². The van der Waals surface area contributed by atoms with Crippen molar-refractivity contribution in [3.05, 3.63) is 28.6 Å². The van der Waals surface area contributed by atoms with Crippen LogP contribution in [0.5, 0.6) is 0 Å². The predicted molar refractivity (Wildman–Crippen MR) is 77.5 cm³/mol. The third-order valence-electron chi connectivity index (χ3n) is 3.25. The summed E-state index contributed by atoms with van der Waals surface area (Å²) in [6.07, 6.45) is 2.92. The van der Waals surface area contributed by atoms with Crippen molar-refractivity contribution in [2.24, 2.45) is 11.1 Å². The van der Waals surface area contributed by atoms with Gasteiger partial charge in [-0.2, -0.15) is 0 Å². The van der Waals surface area contributed by atoms with Crippen molar-refractivity contribution in [1.82, 2.24) is 4.98 Å². The van der Waals surface area contributed by atoms with E-state index in [0.717, 1.165) is 47.3 Å².